The Balaban J connectivity index is 1.44. The number of nitrogens with zero attached hydrogens (tertiary/aromatic N) is 1. The van der Waals surface area contributed by atoms with Crippen molar-refractivity contribution in [2.45, 2.75) is 33.1 Å². The molecule has 4 rings (SSSR count). The molecule has 41 heavy (non-hydrogen) atoms. The van der Waals surface area contributed by atoms with Crippen molar-refractivity contribution >= 4 is 62.2 Å². The summed E-state index contributed by atoms with van der Waals surface area (Å²) in [5.74, 6) is -1.91. The van der Waals surface area contributed by atoms with Crippen LogP contribution in [0.3, 0.4) is 0 Å². The molecule has 2 aromatic carbocycles. The van der Waals surface area contributed by atoms with Gasteiger partial charge in [0, 0.05) is 14.9 Å². The minimum Gasteiger partial charge on any atom is -0.497 e. The molecule has 2 amide bonds. The van der Waals surface area contributed by atoms with Crippen molar-refractivity contribution in [2.24, 2.45) is 11.0 Å². The maximum atomic E-state index is 12.7. The highest BCUT2D eigenvalue weighted by molar-refractivity contribution is 9.10. The standard InChI is InChI=1S/C29H28BrN3O7S/c1-4-39-29(37)24-21-11-5-16(2)13-23(21)41-27(24)32-25(34)26(35)33-31-15-18-14-19(30)8-12-22(18)40-28(36)17-6-9-20(38-3)10-7-17/h6-10,12,14-16H,4-5,11,13H2,1-3H3,(H,32,34)(H,33,35)/b31-15-/t16-/m0/s1. The second-order valence-electron chi connectivity index (χ2n) is 9.23. The van der Waals surface area contributed by atoms with E-state index in [2.05, 4.69) is 38.7 Å². The molecule has 1 aliphatic carbocycles. The van der Waals surface area contributed by atoms with Gasteiger partial charge in [-0.3, -0.25) is 9.59 Å². The van der Waals surface area contributed by atoms with Gasteiger partial charge in [0.25, 0.3) is 0 Å². The SMILES string of the molecule is CCOC(=O)c1c(NC(=O)C(=O)N/N=C\c2cc(Br)ccc2OC(=O)c2ccc(OC)cc2)sc2c1CC[C@H](C)C2. The number of carbonyl (C=O) groups excluding carboxylic acids is 4. The van der Waals surface area contributed by atoms with E-state index in [1.54, 1.807) is 49.4 Å². The zero-order chi connectivity index (χ0) is 29.5. The summed E-state index contributed by atoms with van der Waals surface area (Å²) in [5.41, 5.74) is 4.03. The molecule has 10 nitrogen and oxygen atoms in total. The number of anilines is 1. The van der Waals surface area contributed by atoms with E-state index in [4.69, 9.17) is 14.2 Å². The molecule has 1 heterocycles. The lowest BCUT2D eigenvalue weighted by molar-refractivity contribution is -0.136. The topological polar surface area (TPSA) is 132 Å². The number of halogens is 1. The number of ether oxygens (including phenoxy) is 3. The predicted octanol–water partition coefficient (Wildman–Crippen LogP) is 5.13. The minimum absolute atomic E-state index is 0.189. The van der Waals surface area contributed by atoms with Crippen molar-refractivity contribution in [3.8, 4) is 11.5 Å². The largest absolute Gasteiger partial charge is 0.497 e. The summed E-state index contributed by atoms with van der Waals surface area (Å²) in [7, 11) is 1.53. The second kappa shape index (κ2) is 13.6. The number of benzene rings is 2. The molecule has 0 aliphatic heterocycles. The van der Waals surface area contributed by atoms with E-state index in [1.807, 2.05) is 0 Å². The number of hydrogen-bond acceptors (Lipinski definition) is 9. The average molecular weight is 643 g/mol. The maximum absolute atomic E-state index is 12.7. The number of hydrazone groups is 1. The third-order valence-corrected chi connectivity index (χ3v) is 7.96. The molecular weight excluding hydrogens is 614 g/mol. The van der Waals surface area contributed by atoms with Crippen LogP contribution < -0.4 is 20.2 Å². The first-order valence-corrected chi connectivity index (χ1v) is 14.4. The van der Waals surface area contributed by atoms with Crippen molar-refractivity contribution in [1.29, 1.82) is 0 Å². The number of esters is 2. The van der Waals surface area contributed by atoms with Gasteiger partial charge in [-0.05, 0) is 80.1 Å². The minimum atomic E-state index is -1.04. The molecule has 0 radical (unpaired) electrons. The van der Waals surface area contributed by atoms with Crippen molar-refractivity contribution < 1.29 is 33.4 Å². The van der Waals surface area contributed by atoms with Crippen LogP contribution in [-0.2, 0) is 27.2 Å². The summed E-state index contributed by atoms with van der Waals surface area (Å²) in [6.07, 6.45) is 3.66. The number of methoxy groups -OCH3 is 1. The Hall–Kier alpha value is -4.03. The van der Waals surface area contributed by atoms with Crippen LogP contribution in [0.25, 0.3) is 0 Å². The second-order valence-corrected chi connectivity index (χ2v) is 11.3. The van der Waals surface area contributed by atoms with Crippen LogP contribution in [0.5, 0.6) is 11.5 Å². The quantitative estimate of drug-likeness (QED) is 0.115. The number of fused-ring (bicyclic) bond motifs is 1. The summed E-state index contributed by atoms with van der Waals surface area (Å²) in [4.78, 5) is 51.6. The Morgan fingerprint density at radius 2 is 1.85 bits per heavy atom. The van der Waals surface area contributed by atoms with E-state index in [1.165, 1.54) is 24.7 Å². The molecule has 2 N–H and O–H groups in total. The zero-order valence-electron chi connectivity index (χ0n) is 22.6. The van der Waals surface area contributed by atoms with Gasteiger partial charge < -0.3 is 19.5 Å². The Morgan fingerprint density at radius 3 is 2.56 bits per heavy atom. The molecule has 0 fully saturated rings. The van der Waals surface area contributed by atoms with Crippen LogP contribution in [0.2, 0.25) is 0 Å². The highest BCUT2D eigenvalue weighted by Crippen LogP contribution is 2.40. The number of carbonyl (C=O) groups is 4. The molecule has 1 aromatic heterocycles. The van der Waals surface area contributed by atoms with Crippen LogP contribution in [0.1, 0.15) is 57.0 Å². The van der Waals surface area contributed by atoms with Gasteiger partial charge >= 0.3 is 23.8 Å². The first kappa shape index (κ1) is 29.9. The summed E-state index contributed by atoms with van der Waals surface area (Å²) in [5, 5.41) is 6.70. The van der Waals surface area contributed by atoms with Crippen molar-refractivity contribution in [2.75, 3.05) is 19.0 Å². The first-order chi connectivity index (χ1) is 19.7. The van der Waals surface area contributed by atoms with Gasteiger partial charge in [-0.25, -0.2) is 15.0 Å². The van der Waals surface area contributed by atoms with Crippen molar-refractivity contribution in [3.63, 3.8) is 0 Å². The van der Waals surface area contributed by atoms with E-state index in [0.29, 0.717) is 39.3 Å². The van der Waals surface area contributed by atoms with E-state index in [-0.39, 0.29) is 17.4 Å². The van der Waals surface area contributed by atoms with Gasteiger partial charge in [-0.15, -0.1) is 11.3 Å². The fourth-order valence-corrected chi connectivity index (χ4v) is 6.00. The van der Waals surface area contributed by atoms with Crippen LogP contribution in [0.4, 0.5) is 5.00 Å². The first-order valence-electron chi connectivity index (χ1n) is 12.8. The van der Waals surface area contributed by atoms with E-state index >= 15 is 0 Å². The van der Waals surface area contributed by atoms with Gasteiger partial charge in [-0.2, -0.15) is 5.10 Å². The van der Waals surface area contributed by atoms with Gasteiger partial charge in [0.15, 0.2) is 0 Å². The number of amides is 2. The molecule has 1 atom stereocenters. The van der Waals surface area contributed by atoms with E-state index in [9.17, 15) is 19.2 Å². The molecule has 0 saturated carbocycles. The summed E-state index contributed by atoms with van der Waals surface area (Å²) >= 11 is 4.64. The molecule has 12 heteroatoms. The van der Waals surface area contributed by atoms with Gasteiger partial charge in [0.1, 0.15) is 16.5 Å². The molecule has 0 saturated heterocycles. The van der Waals surface area contributed by atoms with Crippen LogP contribution in [0, 0.1) is 5.92 Å². The van der Waals surface area contributed by atoms with Gasteiger partial charge in [-0.1, -0.05) is 22.9 Å². The van der Waals surface area contributed by atoms with Crippen LogP contribution in [0.15, 0.2) is 52.0 Å². The monoisotopic (exact) mass is 641 g/mol. The fourth-order valence-electron chi connectivity index (χ4n) is 4.23. The Morgan fingerprint density at radius 1 is 1.10 bits per heavy atom. The fraction of sp³-hybridized carbons (Fsp3) is 0.276. The van der Waals surface area contributed by atoms with E-state index < -0.39 is 23.8 Å². The lowest BCUT2D eigenvalue weighted by atomic mass is 9.88. The molecule has 0 spiro atoms. The Labute approximate surface area is 249 Å². The predicted molar refractivity (Wildman–Crippen MR) is 158 cm³/mol. The maximum Gasteiger partial charge on any atom is 0.343 e. The Kier molecular flexibility index (Phi) is 9.90. The molecule has 214 valence electrons. The number of hydrogen-bond donors (Lipinski definition) is 2. The highest BCUT2D eigenvalue weighted by atomic mass is 79.9. The highest BCUT2D eigenvalue weighted by Gasteiger charge is 2.30. The smallest absolute Gasteiger partial charge is 0.343 e. The number of rotatable bonds is 8. The molecule has 1 aliphatic rings. The normalized spacial score (nSPS) is 14.2. The summed E-state index contributed by atoms with van der Waals surface area (Å²) in [6.45, 7) is 4.03. The molecule has 3 aromatic rings. The number of thiophene rings is 1. The molecule has 0 bridgehead atoms. The van der Waals surface area contributed by atoms with Crippen molar-refractivity contribution in [3.05, 3.63) is 74.1 Å². The van der Waals surface area contributed by atoms with Crippen LogP contribution in [-0.4, -0.2) is 43.7 Å². The van der Waals surface area contributed by atoms with Gasteiger partial charge in [0.05, 0.1) is 31.1 Å². The lowest BCUT2D eigenvalue weighted by Crippen LogP contribution is -2.32. The number of nitrogens with one attached hydrogen (secondary N) is 2. The van der Waals surface area contributed by atoms with E-state index in [0.717, 1.165) is 23.3 Å². The van der Waals surface area contributed by atoms with Gasteiger partial charge in [0.2, 0.25) is 0 Å². The Bertz CT molecular complexity index is 1500. The lowest BCUT2D eigenvalue weighted by Gasteiger charge is -2.18. The zero-order valence-corrected chi connectivity index (χ0v) is 25.0. The molecular formula is C29H28BrN3O7S. The summed E-state index contributed by atoms with van der Waals surface area (Å²) in [6, 6.07) is 11.3. The third-order valence-electron chi connectivity index (χ3n) is 6.29. The molecule has 0 unspecified atom stereocenters. The average Bonchev–Trinajstić information content (AvgIpc) is 3.31. The third kappa shape index (κ3) is 7.39. The van der Waals surface area contributed by atoms with Crippen molar-refractivity contribution in [1.82, 2.24) is 5.43 Å². The summed E-state index contributed by atoms with van der Waals surface area (Å²) < 4.78 is 16.5. The van der Waals surface area contributed by atoms with Crippen LogP contribution >= 0.6 is 27.3 Å².